The Kier molecular flexibility index (Phi) is 4.74. The van der Waals surface area contributed by atoms with Gasteiger partial charge >= 0.3 is 0 Å². The molecule has 2 aromatic rings. The molecule has 0 amide bonds. The minimum Gasteiger partial charge on any atom is -0.380 e. The fourth-order valence-corrected chi connectivity index (χ4v) is 2.41. The maximum absolute atomic E-state index is 5.13. The van der Waals surface area contributed by atoms with E-state index in [-0.39, 0.29) is 0 Å². The topological polar surface area (TPSA) is 21.3 Å². The first kappa shape index (κ1) is 12.3. The van der Waals surface area contributed by atoms with Crippen LogP contribution in [0.3, 0.4) is 0 Å². The molecule has 17 heavy (non-hydrogen) atoms. The lowest BCUT2D eigenvalue weighted by Crippen LogP contribution is -2.11. The number of methoxy groups -OCH3 is 1. The zero-order valence-corrected chi connectivity index (χ0v) is 10.8. The summed E-state index contributed by atoms with van der Waals surface area (Å²) in [7, 11) is 1.72. The van der Waals surface area contributed by atoms with E-state index < -0.39 is 0 Å². The molecule has 3 heteroatoms. The van der Waals surface area contributed by atoms with Crippen molar-refractivity contribution in [3.63, 3.8) is 0 Å². The highest BCUT2D eigenvalue weighted by Crippen LogP contribution is 2.09. The van der Waals surface area contributed by atoms with Crippen molar-refractivity contribution in [3.05, 3.63) is 57.8 Å². The van der Waals surface area contributed by atoms with E-state index in [0.717, 1.165) is 13.1 Å². The maximum atomic E-state index is 5.13. The van der Waals surface area contributed by atoms with Gasteiger partial charge in [-0.25, -0.2) is 0 Å². The number of rotatable bonds is 6. The van der Waals surface area contributed by atoms with Crippen LogP contribution in [0.25, 0.3) is 0 Å². The van der Waals surface area contributed by atoms with Crippen LogP contribution in [0.4, 0.5) is 0 Å². The van der Waals surface area contributed by atoms with Gasteiger partial charge in [0.05, 0.1) is 6.61 Å². The Morgan fingerprint density at radius 3 is 2.76 bits per heavy atom. The summed E-state index contributed by atoms with van der Waals surface area (Å²) in [6.07, 6.45) is 0. The number of nitrogens with one attached hydrogen (secondary N) is 1. The van der Waals surface area contributed by atoms with Gasteiger partial charge in [-0.3, -0.25) is 0 Å². The van der Waals surface area contributed by atoms with Gasteiger partial charge in [0, 0.05) is 25.1 Å². The lowest BCUT2D eigenvalue weighted by atomic mass is 10.1. The van der Waals surface area contributed by atoms with E-state index >= 15 is 0 Å². The van der Waals surface area contributed by atoms with Crippen LogP contribution in [0.5, 0.6) is 0 Å². The van der Waals surface area contributed by atoms with E-state index in [1.54, 1.807) is 18.4 Å². The van der Waals surface area contributed by atoms with Crippen LogP contribution in [0.1, 0.15) is 16.0 Å². The first-order valence-corrected chi connectivity index (χ1v) is 6.56. The van der Waals surface area contributed by atoms with Crippen molar-refractivity contribution in [1.29, 1.82) is 0 Å². The Bertz CT molecular complexity index is 439. The number of ether oxygens (including phenoxy) is 1. The van der Waals surface area contributed by atoms with E-state index in [4.69, 9.17) is 4.74 Å². The number of hydrogen-bond donors (Lipinski definition) is 1. The summed E-state index contributed by atoms with van der Waals surface area (Å²) in [5.74, 6) is 0. The van der Waals surface area contributed by atoms with Crippen molar-refractivity contribution >= 4 is 11.3 Å². The minimum absolute atomic E-state index is 0.679. The normalized spacial score (nSPS) is 10.6. The zero-order chi connectivity index (χ0) is 11.9. The highest BCUT2D eigenvalue weighted by Gasteiger charge is 1.97. The molecule has 2 rings (SSSR count). The number of benzene rings is 1. The van der Waals surface area contributed by atoms with Gasteiger partial charge in [0.1, 0.15) is 0 Å². The maximum Gasteiger partial charge on any atom is 0.0713 e. The van der Waals surface area contributed by atoms with Crippen LogP contribution in [-0.4, -0.2) is 7.11 Å². The van der Waals surface area contributed by atoms with Gasteiger partial charge in [0.2, 0.25) is 0 Å². The fourth-order valence-electron chi connectivity index (χ4n) is 1.74. The minimum atomic E-state index is 0.679. The van der Waals surface area contributed by atoms with Gasteiger partial charge in [-0.05, 0) is 22.6 Å². The molecule has 90 valence electrons. The van der Waals surface area contributed by atoms with Gasteiger partial charge in [-0.15, -0.1) is 11.3 Å². The largest absolute Gasteiger partial charge is 0.380 e. The predicted molar refractivity (Wildman–Crippen MR) is 72.0 cm³/mol. The fraction of sp³-hybridized carbons (Fsp3) is 0.286. The second-order valence-corrected chi connectivity index (χ2v) is 4.97. The highest BCUT2D eigenvalue weighted by molar-refractivity contribution is 7.09. The molecule has 1 aromatic carbocycles. The second kappa shape index (κ2) is 6.55. The Morgan fingerprint density at radius 2 is 2.00 bits per heavy atom. The Labute approximate surface area is 106 Å². The molecule has 0 bridgehead atoms. The van der Waals surface area contributed by atoms with Crippen molar-refractivity contribution in [2.75, 3.05) is 7.11 Å². The van der Waals surface area contributed by atoms with E-state index in [1.165, 1.54) is 16.0 Å². The molecule has 0 radical (unpaired) electrons. The van der Waals surface area contributed by atoms with E-state index in [2.05, 4.69) is 47.1 Å². The second-order valence-electron chi connectivity index (χ2n) is 3.94. The monoisotopic (exact) mass is 247 g/mol. The lowest BCUT2D eigenvalue weighted by Gasteiger charge is -2.06. The van der Waals surface area contributed by atoms with Crippen molar-refractivity contribution in [2.45, 2.75) is 19.7 Å². The van der Waals surface area contributed by atoms with E-state index in [0.29, 0.717) is 6.61 Å². The third-order valence-electron chi connectivity index (χ3n) is 2.51. The molecular formula is C14H17NOS. The predicted octanol–water partition coefficient (Wildman–Crippen LogP) is 3.18. The molecular weight excluding hydrogens is 230 g/mol. The number of hydrogen-bond acceptors (Lipinski definition) is 3. The molecule has 1 N–H and O–H groups in total. The van der Waals surface area contributed by atoms with E-state index in [9.17, 15) is 0 Å². The van der Waals surface area contributed by atoms with Crippen LogP contribution in [0, 0.1) is 0 Å². The Hall–Kier alpha value is -1.16. The molecule has 1 heterocycles. The summed E-state index contributed by atoms with van der Waals surface area (Å²) in [6.45, 7) is 2.51. The quantitative estimate of drug-likeness (QED) is 0.846. The SMILES string of the molecule is COCc1cccc(CNCc2cccs2)c1. The summed E-state index contributed by atoms with van der Waals surface area (Å²) in [5.41, 5.74) is 2.53. The van der Waals surface area contributed by atoms with E-state index in [1.807, 2.05) is 0 Å². The molecule has 0 aliphatic carbocycles. The Morgan fingerprint density at radius 1 is 1.12 bits per heavy atom. The average molecular weight is 247 g/mol. The molecule has 0 spiro atoms. The van der Waals surface area contributed by atoms with Crippen molar-refractivity contribution in [2.24, 2.45) is 0 Å². The summed E-state index contributed by atoms with van der Waals surface area (Å²) in [4.78, 5) is 1.37. The third-order valence-corrected chi connectivity index (χ3v) is 3.39. The summed E-state index contributed by atoms with van der Waals surface area (Å²) >= 11 is 1.79. The zero-order valence-electron chi connectivity index (χ0n) is 9.98. The molecule has 0 saturated heterocycles. The van der Waals surface area contributed by atoms with Gasteiger partial charge in [-0.2, -0.15) is 0 Å². The molecule has 0 aliphatic rings. The van der Waals surface area contributed by atoms with Crippen molar-refractivity contribution < 1.29 is 4.74 Å². The molecule has 0 unspecified atom stereocenters. The van der Waals surface area contributed by atoms with Gasteiger partial charge in [0.25, 0.3) is 0 Å². The average Bonchev–Trinajstić information content (AvgIpc) is 2.83. The smallest absolute Gasteiger partial charge is 0.0713 e. The molecule has 0 atom stereocenters. The van der Waals surface area contributed by atoms with Crippen LogP contribution >= 0.6 is 11.3 Å². The van der Waals surface area contributed by atoms with Crippen LogP contribution in [0.2, 0.25) is 0 Å². The molecule has 2 nitrogen and oxygen atoms in total. The van der Waals surface area contributed by atoms with Crippen LogP contribution < -0.4 is 5.32 Å². The molecule has 0 saturated carbocycles. The molecule has 1 aromatic heterocycles. The molecule has 0 aliphatic heterocycles. The number of thiophene rings is 1. The van der Waals surface area contributed by atoms with Gasteiger partial charge in [0.15, 0.2) is 0 Å². The highest BCUT2D eigenvalue weighted by atomic mass is 32.1. The molecule has 0 fully saturated rings. The van der Waals surface area contributed by atoms with Crippen molar-refractivity contribution in [3.8, 4) is 0 Å². The van der Waals surface area contributed by atoms with Crippen LogP contribution in [0.15, 0.2) is 41.8 Å². The van der Waals surface area contributed by atoms with Gasteiger partial charge < -0.3 is 10.1 Å². The summed E-state index contributed by atoms with van der Waals surface area (Å²) < 4.78 is 5.13. The summed E-state index contributed by atoms with van der Waals surface area (Å²) in [6, 6.07) is 12.7. The Balaban J connectivity index is 1.84. The third kappa shape index (κ3) is 3.97. The lowest BCUT2D eigenvalue weighted by molar-refractivity contribution is 0.185. The standard InChI is InChI=1S/C14H17NOS/c1-16-11-13-5-2-4-12(8-13)9-15-10-14-6-3-7-17-14/h2-8,15H,9-11H2,1H3. The van der Waals surface area contributed by atoms with Crippen molar-refractivity contribution in [1.82, 2.24) is 5.32 Å². The summed E-state index contributed by atoms with van der Waals surface area (Å²) in [5, 5.41) is 5.55. The first-order chi connectivity index (χ1) is 8.38. The first-order valence-electron chi connectivity index (χ1n) is 5.68. The van der Waals surface area contributed by atoms with Gasteiger partial charge in [-0.1, -0.05) is 30.3 Å². The van der Waals surface area contributed by atoms with Crippen LogP contribution in [-0.2, 0) is 24.4 Å².